The van der Waals surface area contributed by atoms with E-state index in [2.05, 4.69) is 226 Å². The van der Waals surface area contributed by atoms with Crippen molar-refractivity contribution in [1.82, 2.24) is 18.7 Å². The molecule has 14 rings (SSSR count). The van der Waals surface area contributed by atoms with E-state index >= 15 is 0 Å². The molecule has 0 amide bonds. The summed E-state index contributed by atoms with van der Waals surface area (Å²) in [5.74, 6) is 1.66. The van der Waals surface area contributed by atoms with Crippen molar-refractivity contribution in [3.63, 3.8) is 0 Å². The second kappa shape index (κ2) is 13.4. The number of rotatable bonds is 5. The molecular weight excluding hydrogens is 781 g/mol. The van der Waals surface area contributed by atoms with Gasteiger partial charge in [0.05, 0.1) is 38.8 Å². The number of aromatic nitrogens is 4. The minimum atomic E-state index is 0.830. The molecule has 0 saturated heterocycles. The minimum Gasteiger partial charge on any atom is -0.455 e. The van der Waals surface area contributed by atoms with E-state index in [0.717, 1.165) is 94.6 Å². The number of benzene rings is 9. The van der Waals surface area contributed by atoms with Crippen LogP contribution in [0.3, 0.4) is 0 Å². The third-order valence-corrected chi connectivity index (χ3v) is 13.3. The highest BCUT2D eigenvalue weighted by molar-refractivity contribution is 6.14. The van der Waals surface area contributed by atoms with Gasteiger partial charge in [0.15, 0.2) is 0 Å². The van der Waals surface area contributed by atoms with E-state index in [-0.39, 0.29) is 0 Å². The highest BCUT2D eigenvalue weighted by atomic mass is 16.3. The highest BCUT2D eigenvalue weighted by Gasteiger charge is 2.24. The van der Waals surface area contributed by atoms with E-state index < -0.39 is 0 Å². The number of pyridine rings is 1. The van der Waals surface area contributed by atoms with Gasteiger partial charge in [-0.1, -0.05) is 158 Å². The molecule has 0 spiro atoms. The standard InChI is InChI=1S/C59H36N4O/c1-8-27-48-38(17-1)39-18-2-9-28-49(39)61(48)54-33-16-24-45(47-26-15-25-46-44-23-7-14-34-55(44)64-59(46)47)58(54)37-35-56(62-50-29-10-3-19-40(50)41-20-4-11-30-51(41)62)60-57(36-37)63-52-31-12-5-21-42(52)43-22-6-13-32-53(43)63/h1-36H. The molecule has 64 heavy (non-hydrogen) atoms. The van der Waals surface area contributed by atoms with Gasteiger partial charge in [-0.15, -0.1) is 0 Å². The van der Waals surface area contributed by atoms with Crippen LogP contribution in [0.4, 0.5) is 0 Å². The van der Waals surface area contributed by atoms with Crippen molar-refractivity contribution in [2.45, 2.75) is 0 Å². The summed E-state index contributed by atoms with van der Waals surface area (Å²) in [6, 6.07) is 78.4. The zero-order chi connectivity index (χ0) is 41.9. The van der Waals surface area contributed by atoms with Gasteiger partial charge < -0.3 is 8.98 Å². The first-order chi connectivity index (χ1) is 31.8. The molecule has 5 heterocycles. The normalized spacial score (nSPS) is 12.1. The van der Waals surface area contributed by atoms with E-state index in [4.69, 9.17) is 9.40 Å². The Balaban J connectivity index is 1.17. The lowest BCUT2D eigenvalue weighted by Gasteiger charge is -2.21. The Kier molecular flexibility index (Phi) is 7.33. The van der Waals surface area contributed by atoms with Crippen LogP contribution in [0.5, 0.6) is 0 Å². The number of hydrogen-bond acceptors (Lipinski definition) is 2. The van der Waals surface area contributed by atoms with Gasteiger partial charge in [0, 0.05) is 54.2 Å². The number of fused-ring (bicyclic) bond motifs is 12. The van der Waals surface area contributed by atoms with E-state index in [1.807, 2.05) is 6.07 Å². The summed E-state index contributed by atoms with van der Waals surface area (Å²) >= 11 is 0. The molecule has 14 aromatic rings. The largest absolute Gasteiger partial charge is 0.455 e. The van der Waals surface area contributed by atoms with E-state index in [1.54, 1.807) is 0 Å². The quantitative estimate of drug-likeness (QED) is 0.174. The van der Waals surface area contributed by atoms with Crippen molar-refractivity contribution in [1.29, 1.82) is 0 Å². The van der Waals surface area contributed by atoms with Crippen molar-refractivity contribution < 1.29 is 4.42 Å². The fourth-order valence-corrected chi connectivity index (χ4v) is 10.6. The van der Waals surface area contributed by atoms with Gasteiger partial charge in [0.1, 0.15) is 22.8 Å². The van der Waals surface area contributed by atoms with Gasteiger partial charge in [-0.2, -0.15) is 0 Å². The molecule has 9 aromatic carbocycles. The lowest BCUT2D eigenvalue weighted by molar-refractivity contribution is 0.670. The molecular formula is C59H36N4O. The summed E-state index contributed by atoms with van der Waals surface area (Å²) in [5, 5.41) is 9.36. The van der Waals surface area contributed by atoms with Crippen LogP contribution in [0.25, 0.3) is 127 Å². The lowest BCUT2D eigenvalue weighted by atomic mass is 9.91. The van der Waals surface area contributed by atoms with Crippen LogP contribution in [-0.4, -0.2) is 18.7 Å². The molecule has 0 aliphatic rings. The Morgan fingerprint density at radius 1 is 0.312 bits per heavy atom. The zero-order valence-electron chi connectivity index (χ0n) is 34.5. The summed E-state index contributed by atoms with van der Waals surface area (Å²) in [6.45, 7) is 0. The highest BCUT2D eigenvalue weighted by Crippen LogP contribution is 2.46. The molecule has 298 valence electrons. The Morgan fingerprint density at radius 2 is 0.688 bits per heavy atom. The second-order valence-corrected chi connectivity index (χ2v) is 16.7. The molecule has 0 N–H and O–H groups in total. The van der Waals surface area contributed by atoms with Crippen LogP contribution in [-0.2, 0) is 0 Å². The third-order valence-electron chi connectivity index (χ3n) is 13.3. The maximum absolute atomic E-state index is 6.83. The molecule has 5 heteroatoms. The van der Waals surface area contributed by atoms with Gasteiger partial charge in [-0.3, -0.25) is 9.13 Å². The SMILES string of the molecule is c1cc(-c2cccc3c2oc2ccccc23)c(-c2cc(-n3c4ccccc4c4ccccc43)nc(-n3c4ccccc4c4ccccc43)c2)c(-n2c3ccccc3c3ccccc32)c1. The first-order valence-corrected chi connectivity index (χ1v) is 21.8. The minimum absolute atomic E-state index is 0.830. The lowest BCUT2D eigenvalue weighted by Crippen LogP contribution is -2.06. The summed E-state index contributed by atoms with van der Waals surface area (Å²) in [5.41, 5.74) is 13.7. The first-order valence-electron chi connectivity index (χ1n) is 21.8. The van der Waals surface area contributed by atoms with Gasteiger partial charge in [-0.05, 0) is 71.8 Å². The topological polar surface area (TPSA) is 40.8 Å². The average Bonchev–Trinajstić information content (AvgIpc) is 4.10. The molecule has 0 saturated carbocycles. The summed E-state index contributed by atoms with van der Waals surface area (Å²) < 4.78 is 14.0. The maximum Gasteiger partial charge on any atom is 0.143 e. The molecule has 5 aromatic heterocycles. The number of furan rings is 1. The molecule has 0 atom stereocenters. The summed E-state index contributed by atoms with van der Waals surface area (Å²) in [6.07, 6.45) is 0. The molecule has 0 unspecified atom stereocenters. The Labute approximate surface area is 366 Å². The van der Waals surface area contributed by atoms with Crippen LogP contribution < -0.4 is 0 Å². The molecule has 0 aliphatic carbocycles. The Bertz CT molecular complexity index is 3920. The van der Waals surface area contributed by atoms with Crippen molar-refractivity contribution >= 4 is 87.4 Å². The van der Waals surface area contributed by atoms with Crippen LogP contribution >= 0.6 is 0 Å². The van der Waals surface area contributed by atoms with Gasteiger partial charge >= 0.3 is 0 Å². The van der Waals surface area contributed by atoms with Crippen molar-refractivity contribution in [2.24, 2.45) is 0 Å². The third kappa shape index (κ3) is 4.92. The molecule has 0 radical (unpaired) electrons. The van der Waals surface area contributed by atoms with Crippen LogP contribution in [0, 0.1) is 0 Å². The molecule has 0 aliphatic heterocycles. The number of hydrogen-bond donors (Lipinski definition) is 0. The van der Waals surface area contributed by atoms with Crippen LogP contribution in [0.1, 0.15) is 0 Å². The van der Waals surface area contributed by atoms with Crippen LogP contribution in [0.2, 0.25) is 0 Å². The Morgan fingerprint density at radius 3 is 1.17 bits per heavy atom. The van der Waals surface area contributed by atoms with Gasteiger partial charge in [-0.25, -0.2) is 4.98 Å². The monoisotopic (exact) mass is 816 g/mol. The summed E-state index contributed by atoms with van der Waals surface area (Å²) in [7, 11) is 0. The molecule has 0 bridgehead atoms. The predicted octanol–water partition coefficient (Wildman–Crippen LogP) is 15.6. The smallest absolute Gasteiger partial charge is 0.143 e. The van der Waals surface area contributed by atoms with Crippen molar-refractivity contribution in [3.05, 3.63) is 218 Å². The Hall–Kier alpha value is -8.67. The zero-order valence-corrected chi connectivity index (χ0v) is 34.5. The van der Waals surface area contributed by atoms with E-state index in [9.17, 15) is 0 Å². The van der Waals surface area contributed by atoms with Crippen molar-refractivity contribution in [3.8, 4) is 39.6 Å². The fraction of sp³-hybridized carbons (Fsp3) is 0. The number of para-hydroxylation sites is 8. The molecule has 5 nitrogen and oxygen atoms in total. The fourth-order valence-electron chi connectivity index (χ4n) is 10.6. The van der Waals surface area contributed by atoms with Crippen LogP contribution in [0.15, 0.2) is 223 Å². The van der Waals surface area contributed by atoms with E-state index in [1.165, 1.54) is 32.3 Å². The first kappa shape index (κ1) is 35.0. The molecule has 0 fully saturated rings. The van der Waals surface area contributed by atoms with E-state index in [0.29, 0.717) is 0 Å². The predicted molar refractivity (Wildman–Crippen MR) is 265 cm³/mol. The number of nitrogens with zero attached hydrogens (tertiary/aromatic N) is 4. The maximum atomic E-state index is 6.83. The van der Waals surface area contributed by atoms with Crippen molar-refractivity contribution in [2.75, 3.05) is 0 Å². The summed E-state index contributed by atoms with van der Waals surface area (Å²) in [4.78, 5) is 5.72. The van der Waals surface area contributed by atoms with Gasteiger partial charge in [0.2, 0.25) is 0 Å². The van der Waals surface area contributed by atoms with Gasteiger partial charge in [0.25, 0.3) is 0 Å². The average molecular weight is 817 g/mol. The second-order valence-electron chi connectivity index (χ2n) is 16.7.